The molecule has 0 amide bonds. The van der Waals surface area contributed by atoms with Crippen LogP contribution in [0.3, 0.4) is 0 Å². The number of benzene rings is 3. The zero-order chi connectivity index (χ0) is 20.5. The molecule has 3 atom stereocenters. The smallest absolute Gasteiger partial charge is 0.0723 e. The fraction of sp³-hybridized carbons (Fsp3) is 0.308. The molecule has 3 nitrogen and oxygen atoms in total. The predicted molar refractivity (Wildman–Crippen MR) is 118 cm³/mol. The Morgan fingerprint density at radius 1 is 0.655 bits per heavy atom. The summed E-state index contributed by atoms with van der Waals surface area (Å²) in [6.07, 6.45) is -0.0763. The van der Waals surface area contributed by atoms with Crippen LogP contribution in [0.2, 0.25) is 0 Å². The highest BCUT2D eigenvalue weighted by molar-refractivity contribution is 5.20. The molecule has 3 rings (SSSR count). The van der Waals surface area contributed by atoms with Gasteiger partial charge in [-0.3, -0.25) is 4.90 Å². The molecule has 0 bridgehead atoms. The lowest BCUT2D eigenvalue weighted by molar-refractivity contribution is 0.00878. The quantitative estimate of drug-likeness (QED) is 0.539. The van der Waals surface area contributed by atoms with Gasteiger partial charge in [-0.1, -0.05) is 91.0 Å². The Balaban J connectivity index is 1.90. The lowest BCUT2D eigenvalue weighted by atomic mass is 9.95. The Hall–Kier alpha value is -2.46. The van der Waals surface area contributed by atoms with Crippen molar-refractivity contribution in [2.45, 2.75) is 51.1 Å². The van der Waals surface area contributed by atoms with Gasteiger partial charge in [0.1, 0.15) is 0 Å². The third-order valence-electron chi connectivity index (χ3n) is 5.24. The first kappa shape index (κ1) is 21.3. The van der Waals surface area contributed by atoms with Crippen LogP contribution >= 0.6 is 0 Å². The van der Waals surface area contributed by atoms with E-state index >= 15 is 0 Å². The molecule has 3 aromatic carbocycles. The van der Waals surface area contributed by atoms with Gasteiger partial charge in [-0.25, -0.2) is 0 Å². The second-order valence-electron chi connectivity index (χ2n) is 7.79. The fourth-order valence-corrected chi connectivity index (χ4v) is 3.80. The third-order valence-corrected chi connectivity index (χ3v) is 5.24. The minimum absolute atomic E-state index is 0.104. The molecule has 29 heavy (non-hydrogen) atoms. The van der Waals surface area contributed by atoms with E-state index in [9.17, 15) is 10.2 Å². The van der Waals surface area contributed by atoms with Gasteiger partial charge in [0.2, 0.25) is 0 Å². The zero-order valence-corrected chi connectivity index (χ0v) is 17.1. The van der Waals surface area contributed by atoms with Crippen molar-refractivity contribution >= 4 is 0 Å². The van der Waals surface area contributed by atoms with Crippen LogP contribution in [0.4, 0.5) is 0 Å². The monoisotopic (exact) mass is 389 g/mol. The molecule has 0 aliphatic carbocycles. The van der Waals surface area contributed by atoms with Crippen LogP contribution in [0, 0.1) is 0 Å². The Labute approximate surface area is 174 Å². The number of hydrogen-bond acceptors (Lipinski definition) is 3. The van der Waals surface area contributed by atoms with Crippen LogP contribution < -0.4 is 0 Å². The molecular weight excluding hydrogens is 358 g/mol. The highest BCUT2D eigenvalue weighted by atomic mass is 16.3. The summed E-state index contributed by atoms with van der Waals surface area (Å²) in [7, 11) is 0. The van der Waals surface area contributed by atoms with Gasteiger partial charge in [-0.2, -0.15) is 0 Å². The van der Waals surface area contributed by atoms with Crippen molar-refractivity contribution in [3.63, 3.8) is 0 Å². The second kappa shape index (κ2) is 10.9. The van der Waals surface area contributed by atoms with E-state index in [4.69, 9.17) is 0 Å². The van der Waals surface area contributed by atoms with Crippen molar-refractivity contribution in [2.75, 3.05) is 0 Å². The molecule has 152 valence electrons. The van der Waals surface area contributed by atoms with Crippen molar-refractivity contribution in [3.8, 4) is 0 Å². The maximum Gasteiger partial charge on any atom is 0.0723 e. The number of nitrogens with zero attached hydrogens (tertiary/aromatic N) is 1. The lowest BCUT2D eigenvalue weighted by Crippen LogP contribution is -2.45. The average Bonchev–Trinajstić information content (AvgIpc) is 2.73. The molecule has 0 fully saturated rings. The van der Waals surface area contributed by atoms with Crippen LogP contribution in [0.25, 0.3) is 0 Å². The molecule has 0 saturated heterocycles. The predicted octanol–water partition coefficient (Wildman–Crippen LogP) is 4.43. The van der Waals surface area contributed by atoms with E-state index in [1.165, 1.54) is 16.7 Å². The van der Waals surface area contributed by atoms with E-state index in [2.05, 4.69) is 65.6 Å². The van der Waals surface area contributed by atoms with E-state index in [0.29, 0.717) is 6.42 Å². The summed E-state index contributed by atoms with van der Waals surface area (Å²) >= 11 is 0. The van der Waals surface area contributed by atoms with Gasteiger partial charge in [-0.05, 0) is 30.0 Å². The standard InChI is InChI=1S/C26H31NO2/c1-21(28)17-26(29)25(18-22-11-5-2-6-12-22)27(19-23-13-7-3-8-14-23)20-24-15-9-4-10-16-24/h2-16,21,25-26,28-29H,17-20H2,1H3/t21?,25-,26?/m0/s1. The topological polar surface area (TPSA) is 43.7 Å². The molecule has 2 N–H and O–H groups in total. The number of rotatable bonds is 10. The molecule has 0 saturated carbocycles. The van der Waals surface area contributed by atoms with Gasteiger partial charge in [0.15, 0.2) is 0 Å². The molecule has 0 radical (unpaired) electrons. The van der Waals surface area contributed by atoms with Crippen LogP contribution in [0.5, 0.6) is 0 Å². The normalized spacial score (nSPS) is 14.5. The van der Waals surface area contributed by atoms with E-state index in [0.717, 1.165) is 19.5 Å². The van der Waals surface area contributed by atoms with Crippen molar-refractivity contribution in [2.24, 2.45) is 0 Å². The first-order chi connectivity index (χ1) is 14.1. The van der Waals surface area contributed by atoms with E-state index in [1.54, 1.807) is 6.92 Å². The van der Waals surface area contributed by atoms with Crippen LogP contribution in [-0.4, -0.2) is 33.4 Å². The highest BCUT2D eigenvalue weighted by Crippen LogP contribution is 2.21. The molecule has 0 spiro atoms. The summed E-state index contributed by atoms with van der Waals surface area (Å²) in [5, 5.41) is 21.0. The second-order valence-corrected chi connectivity index (χ2v) is 7.79. The Bertz CT molecular complexity index is 780. The van der Waals surface area contributed by atoms with Crippen LogP contribution in [0.1, 0.15) is 30.0 Å². The molecule has 0 heterocycles. The van der Waals surface area contributed by atoms with Crippen molar-refractivity contribution < 1.29 is 10.2 Å². The van der Waals surface area contributed by atoms with E-state index < -0.39 is 12.2 Å². The first-order valence-corrected chi connectivity index (χ1v) is 10.3. The number of aliphatic hydroxyl groups is 2. The molecule has 0 aliphatic heterocycles. The SMILES string of the molecule is CC(O)CC(O)[C@H](Cc1ccccc1)N(Cc1ccccc1)Cc1ccccc1. The third kappa shape index (κ3) is 6.82. The molecule has 3 heteroatoms. The molecule has 0 aliphatic rings. The van der Waals surface area contributed by atoms with E-state index in [-0.39, 0.29) is 6.04 Å². The Kier molecular flexibility index (Phi) is 8.00. The summed E-state index contributed by atoms with van der Waals surface area (Å²) < 4.78 is 0. The maximum absolute atomic E-state index is 11.1. The summed E-state index contributed by atoms with van der Waals surface area (Å²) in [5.41, 5.74) is 3.62. The van der Waals surface area contributed by atoms with Gasteiger partial charge < -0.3 is 10.2 Å². The average molecular weight is 390 g/mol. The maximum atomic E-state index is 11.1. The molecule has 0 aromatic heterocycles. The molecule has 3 aromatic rings. The number of hydrogen-bond donors (Lipinski definition) is 2. The van der Waals surface area contributed by atoms with Crippen molar-refractivity contribution in [1.29, 1.82) is 0 Å². The summed E-state index contributed by atoms with van der Waals surface area (Å²) in [5.74, 6) is 0. The van der Waals surface area contributed by atoms with Crippen molar-refractivity contribution in [3.05, 3.63) is 108 Å². The fourth-order valence-electron chi connectivity index (χ4n) is 3.80. The summed E-state index contributed by atoms with van der Waals surface area (Å²) in [6, 6.07) is 30.9. The van der Waals surface area contributed by atoms with Gasteiger partial charge in [-0.15, -0.1) is 0 Å². The van der Waals surface area contributed by atoms with Gasteiger partial charge in [0.05, 0.1) is 12.2 Å². The van der Waals surface area contributed by atoms with Crippen LogP contribution in [-0.2, 0) is 19.5 Å². The first-order valence-electron chi connectivity index (χ1n) is 10.3. The van der Waals surface area contributed by atoms with Crippen molar-refractivity contribution in [1.82, 2.24) is 4.90 Å². The molecular formula is C26H31NO2. The van der Waals surface area contributed by atoms with Gasteiger partial charge in [0.25, 0.3) is 0 Å². The number of aliphatic hydroxyl groups excluding tert-OH is 2. The summed E-state index contributed by atoms with van der Waals surface area (Å²) in [6.45, 7) is 3.22. The lowest BCUT2D eigenvalue weighted by Gasteiger charge is -2.36. The highest BCUT2D eigenvalue weighted by Gasteiger charge is 2.27. The van der Waals surface area contributed by atoms with Gasteiger partial charge >= 0.3 is 0 Å². The minimum Gasteiger partial charge on any atom is -0.393 e. The molecule has 2 unspecified atom stereocenters. The zero-order valence-electron chi connectivity index (χ0n) is 17.1. The Morgan fingerprint density at radius 2 is 1.07 bits per heavy atom. The van der Waals surface area contributed by atoms with Gasteiger partial charge in [0, 0.05) is 25.6 Å². The summed E-state index contributed by atoms with van der Waals surface area (Å²) in [4.78, 5) is 2.34. The Morgan fingerprint density at radius 3 is 1.48 bits per heavy atom. The van der Waals surface area contributed by atoms with Crippen LogP contribution in [0.15, 0.2) is 91.0 Å². The van der Waals surface area contributed by atoms with E-state index in [1.807, 2.05) is 30.3 Å². The largest absolute Gasteiger partial charge is 0.393 e. The minimum atomic E-state index is -0.623.